The van der Waals surface area contributed by atoms with Crippen LogP contribution in [-0.2, 0) is 19.1 Å². The minimum Gasteiger partial charge on any atom is -0.491 e. The second-order valence-corrected chi connectivity index (χ2v) is 8.43. The second-order valence-electron chi connectivity index (χ2n) is 8.43. The summed E-state index contributed by atoms with van der Waals surface area (Å²) in [4.78, 5) is 24.6. The number of aromatic nitrogens is 1. The number of pyridine rings is 1. The monoisotopic (exact) mass is 532 g/mol. The maximum atomic E-state index is 10.6. The van der Waals surface area contributed by atoms with E-state index in [1.807, 2.05) is 12.1 Å². The molecule has 0 aliphatic carbocycles. The van der Waals surface area contributed by atoms with Crippen molar-refractivity contribution in [1.29, 1.82) is 0 Å². The van der Waals surface area contributed by atoms with E-state index in [2.05, 4.69) is 9.88 Å². The predicted molar refractivity (Wildman–Crippen MR) is 109 cm³/mol. The van der Waals surface area contributed by atoms with Gasteiger partial charge in [0, 0.05) is 49.9 Å². The molecule has 9 nitrogen and oxygen atoms in total. The fourth-order valence-corrected chi connectivity index (χ4v) is 4.07. The van der Waals surface area contributed by atoms with E-state index in [0.717, 1.165) is 64.7 Å². The van der Waals surface area contributed by atoms with Crippen molar-refractivity contribution < 1.29 is 60.4 Å². The molecule has 4 rings (SSSR count). The van der Waals surface area contributed by atoms with Crippen LogP contribution < -0.4 is 4.74 Å². The van der Waals surface area contributed by atoms with Crippen LogP contribution in [0.3, 0.4) is 0 Å². The fraction of sp³-hybridized carbons (Fsp3) is 0.667. The SMILES string of the molecule is O=C(O)C(F)(F)F.O=C(O)C(F)(F)F.c1cncc(OC[C@]23COC[C@H]2CN(C2CCOCC2)C3)c1. The summed E-state index contributed by atoms with van der Waals surface area (Å²) in [6.45, 7) is 6.45. The van der Waals surface area contributed by atoms with Gasteiger partial charge in [0.2, 0.25) is 0 Å². The molecule has 0 amide bonds. The summed E-state index contributed by atoms with van der Waals surface area (Å²) in [5.41, 5.74) is 0.147. The zero-order valence-electron chi connectivity index (χ0n) is 18.9. The molecule has 36 heavy (non-hydrogen) atoms. The van der Waals surface area contributed by atoms with E-state index in [1.54, 1.807) is 12.4 Å². The molecule has 3 aliphatic heterocycles. The van der Waals surface area contributed by atoms with Gasteiger partial charge in [-0.3, -0.25) is 9.88 Å². The van der Waals surface area contributed by atoms with E-state index in [9.17, 15) is 26.3 Å². The van der Waals surface area contributed by atoms with Crippen molar-refractivity contribution in [2.75, 3.05) is 46.1 Å². The molecular weight excluding hydrogens is 506 g/mol. The molecule has 0 spiro atoms. The van der Waals surface area contributed by atoms with E-state index in [0.29, 0.717) is 12.0 Å². The van der Waals surface area contributed by atoms with Crippen LogP contribution in [0.15, 0.2) is 24.5 Å². The molecule has 2 N–H and O–H groups in total. The van der Waals surface area contributed by atoms with E-state index >= 15 is 0 Å². The number of alkyl halides is 6. The highest BCUT2D eigenvalue weighted by molar-refractivity contribution is 5.73. The minimum atomic E-state index is -5.08. The average molecular weight is 532 g/mol. The van der Waals surface area contributed by atoms with Crippen LogP contribution in [0.2, 0.25) is 0 Å². The van der Waals surface area contributed by atoms with Crippen LogP contribution in [0, 0.1) is 11.3 Å². The van der Waals surface area contributed by atoms with Gasteiger partial charge in [0.05, 0.1) is 26.0 Å². The lowest BCUT2D eigenvalue weighted by Gasteiger charge is -2.33. The first-order chi connectivity index (χ1) is 16.7. The van der Waals surface area contributed by atoms with Crippen molar-refractivity contribution in [2.45, 2.75) is 31.2 Å². The lowest BCUT2D eigenvalue weighted by molar-refractivity contribution is -0.193. The number of ether oxygens (including phenoxy) is 3. The summed E-state index contributed by atoms with van der Waals surface area (Å²) in [6, 6.07) is 4.56. The summed E-state index contributed by atoms with van der Waals surface area (Å²) in [5, 5.41) is 14.2. The van der Waals surface area contributed by atoms with Crippen molar-refractivity contribution in [3.63, 3.8) is 0 Å². The Balaban J connectivity index is 0.000000271. The topological polar surface area (TPSA) is 118 Å². The molecule has 0 saturated carbocycles. The zero-order valence-corrected chi connectivity index (χ0v) is 18.9. The smallest absolute Gasteiger partial charge is 0.490 e. The standard InChI is InChI=1S/C17H24N2O3.2C2HF3O2/c1-2-16(8-18-5-1)22-13-17-11-19(9-14(17)10-21-12-17)15-3-6-20-7-4-15;2*3-2(4,5)1(6)7/h1-2,5,8,14-15H,3-4,6-7,9-13H2;2*(H,6,7)/t14-,17+;;/m1../s1. The van der Waals surface area contributed by atoms with Crippen molar-refractivity contribution >= 4 is 11.9 Å². The first-order valence-corrected chi connectivity index (χ1v) is 10.8. The number of carbonyl (C=O) groups is 2. The van der Waals surface area contributed by atoms with Gasteiger partial charge in [-0.15, -0.1) is 0 Å². The quantitative estimate of drug-likeness (QED) is 0.565. The van der Waals surface area contributed by atoms with Crippen molar-refractivity contribution in [2.24, 2.45) is 11.3 Å². The van der Waals surface area contributed by atoms with Crippen molar-refractivity contribution in [3.8, 4) is 5.75 Å². The first kappa shape index (κ1) is 29.6. The second kappa shape index (κ2) is 12.5. The lowest BCUT2D eigenvalue weighted by Crippen LogP contribution is -2.41. The molecule has 3 saturated heterocycles. The Morgan fingerprint density at radius 3 is 2.17 bits per heavy atom. The first-order valence-electron chi connectivity index (χ1n) is 10.8. The van der Waals surface area contributed by atoms with E-state index < -0.39 is 24.3 Å². The van der Waals surface area contributed by atoms with Crippen LogP contribution in [-0.4, -0.2) is 96.6 Å². The molecule has 2 atom stereocenters. The summed E-state index contributed by atoms with van der Waals surface area (Å²) in [5.74, 6) is -4.07. The van der Waals surface area contributed by atoms with Gasteiger partial charge < -0.3 is 24.4 Å². The summed E-state index contributed by atoms with van der Waals surface area (Å²) in [6.07, 6.45) is -4.29. The van der Waals surface area contributed by atoms with Gasteiger partial charge >= 0.3 is 24.3 Å². The predicted octanol–water partition coefficient (Wildman–Crippen LogP) is 2.85. The van der Waals surface area contributed by atoms with Gasteiger partial charge in [-0.05, 0) is 25.0 Å². The maximum Gasteiger partial charge on any atom is 0.490 e. The van der Waals surface area contributed by atoms with Crippen molar-refractivity contribution in [1.82, 2.24) is 9.88 Å². The molecular formula is C21H26F6N2O7. The van der Waals surface area contributed by atoms with E-state index in [1.165, 1.54) is 0 Å². The molecule has 15 heteroatoms. The highest BCUT2D eigenvalue weighted by Crippen LogP contribution is 2.43. The van der Waals surface area contributed by atoms with Gasteiger partial charge in [-0.25, -0.2) is 9.59 Å². The number of halogens is 6. The fourth-order valence-electron chi connectivity index (χ4n) is 4.07. The zero-order chi connectivity index (χ0) is 27.0. The molecule has 204 valence electrons. The van der Waals surface area contributed by atoms with Gasteiger partial charge in [0.1, 0.15) is 5.75 Å². The largest absolute Gasteiger partial charge is 0.491 e. The number of aliphatic carboxylic acids is 2. The molecule has 1 aromatic rings. The lowest BCUT2D eigenvalue weighted by atomic mass is 9.82. The number of carboxylic acid groups (broad SMARTS) is 2. The van der Waals surface area contributed by atoms with Crippen LogP contribution in [0.25, 0.3) is 0 Å². The number of carboxylic acids is 2. The summed E-state index contributed by atoms with van der Waals surface area (Å²) < 4.78 is 80.8. The number of fused-ring (bicyclic) bond motifs is 1. The average Bonchev–Trinajstić information content (AvgIpc) is 3.36. The third-order valence-corrected chi connectivity index (χ3v) is 5.90. The molecule has 0 aromatic carbocycles. The van der Waals surface area contributed by atoms with Crippen molar-refractivity contribution in [3.05, 3.63) is 24.5 Å². The Hall–Kier alpha value is -2.65. The number of rotatable bonds is 4. The Kier molecular flexibility index (Phi) is 10.3. The molecule has 3 fully saturated rings. The Morgan fingerprint density at radius 1 is 1.08 bits per heavy atom. The Morgan fingerprint density at radius 2 is 1.67 bits per heavy atom. The Labute approximate surface area is 201 Å². The molecule has 0 radical (unpaired) electrons. The minimum absolute atomic E-state index is 0.147. The van der Waals surface area contributed by atoms with E-state index in [-0.39, 0.29) is 5.41 Å². The van der Waals surface area contributed by atoms with Gasteiger partial charge in [0.25, 0.3) is 0 Å². The van der Waals surface area contributed by atoms with Crippen LogP contribution in [0.4, 0.5) is 26.3 Å². The maximum absolute atomic E-state index is 10.6. The highest BCUT2D eigenvalue weighted by Gasteiger charge is 2.52. The summed E-state index contributed by atoms with van der Waals surface area (Å²) in [7, 11) is 0. The number of nitrogens with zero attached hydrogens (tertiary/aromatic N) is 2. The van der Waals surface area contributed by atoms with E-state index in [4.69, 9.17) is 34.0 Å². The van der Waals surface area contributed by atoms with Crippen LogP contribution in [0.1, 0.15) is 12.8 Å². The van der Waals surface area contributed by atoms with Gasteiger partial charge in [0.15, 0.2) is 0 Å². The molecule has 0 bridgehead atoms. The summed E-state index contributed by atoms with van der Waals surface area (Å²) >= 11 is 0. The molecule has 1 aromatic heterocycles. The van der Waals surface area contributed by atoms with Crippen LogP contribution >= 0.6 is 0 Å². The highest BCUT2D eigenvalue weighted by atomic mass is 19.4. The number of hydrogen-bond acceptors (Lipinski definition) is 7. The molecule has 3 aliphatic rings. The third kappa shape index (κ3) is 8.78. The molecule has 4 heterocycles. The molecule has 0 unspecified atom stereocenters. The third-order valence-electron chi connectivity index (χ3n) is 5.90. The van der Waals surface area contributed by atoms with Crippen LogP contribution in [0.5, 0.6) is 5.75 Å². The number of hydrogen-bond donors (Lipinski definition) is 2. The normalized spacial score (nSPS) is 24.6. The van der Waals surface area contributed by atoms with Gasteiger partial charge in [-0.1, -0.05) is 0 Å². The van der Waals surface area contributed by atoms with Gasteiger partial charge in [-0.2, -0.15) is 26.3 Å². The number of likely N-dealkylation sites (tertiary alicyclic amines) is 1. The Bertz CT molecular complexity index is 825.